The minimum atomic E-state index is -0.131. The zero-order valence-corrected chi connectivity index (χ0v) is 17.1. The van der Waals surface area contributed by atoms with E-state index in [0.717, 1.165) is 34.7 Å². The Hall–Kier alpha value is -3.09. The van der Waals surface area contributed by atoms with E-state index in [1.54, 1.807) is 28.9 Å². The first-order valence-electron chi connectivity index (χ1n) is 9.38. The highest BCUT2D eigenvalue weighted by atomic mass is 16.5. The lowest BCUT2D eigenvalue weighted by atomic mass is 10.1. The van der Waals surface area contributed by atoms with Gasteiger partial charge in [-0.05, 0) is 57.0 Å². The minimum Gasteiger partial charge on any atom is -0.471 e. The number of amides is 1. The van der Waals surface area contributed by atoms with Gasteiger partial charge in [-0.25, -0.2) is 4.68 Å². The van der Waals surface area contributed by atoms with Gasteiger partial charge in [0, 0.05) is 37.6 Å². The van der Waals surface area contributed by atoms with Crippen LogP contribution in [0.3, 0.4) is 0 Å². The Balaban J connectivity index is 1.62. The van der Waals surface area contributed by atoms with Gasteiger partial charge in [0.25, 0.3) is 5.91 Å². The average molecular weight is 381 g/mol. The molecule has 28 heavy (non-hydrogen) atoms. The van der Waals surface area contributed by atoms with Crippen molar-refractivity contribution in [3.63, 3.8) is 0 Å². The van der Waals surface area contributed by atoms with E-state index in [4.69, 9.17) is 4.74 Å². The van der Waals surface area contributed by atoms with Crippen LogP contribution in [0.1, 0.15) is 39.8 Å². The molecule has 3 rings (SSSR count). The van der Waals surface area contributed by atoms with E-state index in [1.165, 1.54) is 0 Å². The maximum absolute atomic E-state index is 12.7. The van der Waals surface area contributed by atoms with Crippen LogP contribution in [-0.4, -0.2) is 37.4 Å². The van der Waals surface area contributed by atoms with Crippen molar-refractivity contribution in [2.75, 3.05) is 7.05 Å². The molecule has 0 fully saturated rings. The van der Waals surface area contributed by atoms with Gasteiger partial charge in [0.05, 0.1) is 6.20 Å². The molecule has 0 bridgehead atoms. The molecule has 2 aromatic heterocycles. The summed E-state index contributed by atoms with van der Waals surface area (Å²) in [5.41, 5.74) is 4.81. The lowest BCUT2D eigenvalue weighted by molar-refractivity contribution is 0.0777. The largest absolute Gasteiger partial charge is 0.471 e. The molecule has 0 aliphatic heterocycles. The number of aromatic nitrogens is 4. The van der Waals surface area contributed by atoms with E-state index < -0.39 is 0 Å². The summed E-state index contributed by atoms with van der Waals surface area (Å²) in [6.07, 6.45) is 3.57. The van der Waals surface area contributed by atoms with Gasteiger partial charge in [-0.3, -0.25) is 9.48 Å². The Morgan fingerprint density at radius 3 is 2.54 bits per heavy atom. The molecule has 148 valence electrons. The highest BCUT2D eigenvalue weighted by Crippen LogP contribution is 2.17. The number of aryl methyl sites for hydroxylation is 3. The zero-order chi connectivity index (χ0) is 20.3. The molecule has 0 spiro atoms. The van der Waals surface area contributed by atoms with Gasteiger partial charge in [0.1, 0.15) is 5.75 Å². The van der Waals surface area contributed by atoms with Gasteiger partial charge >= 0.3 is 0 Å². The normalized spacial score (nSPS) is 10.9. The van der Waals surface area contributed by atoms with Crippen molar-refractivity contribution in [2.24, 2.45) is 0 Å². The summed E-state index contributed by atoms with van der Waals surface area (Å²) in [4.78, 5) is 14.3. The van der Waals surface area contributed by atoms with E-state index in [-0.39, 0.29) is 12.6 Å². The van der Waals surface area contributed by atoms with Crippen LogP contribution in [0.4, 0.5) is 0 Å². The van der Waals surface area contributed by atoms with Crippen molar-refractivity contribution in [1.29, 1.82) is 0 Å². The fourth-order valence-electron chi connectivity index (χ4n) is 3.19. The molecule has 0 saturated heterocycles. The monoisotopic (exact) mass is 381 g/mol. The lowest BCUT2D eigenvalue weighted by Crippen LogP contribution is -2.27. The summed E-state index contributed by atoms with van der Waals surface area (Å²) in [5, 5.41) is 8.69. The summed E-state index contributed by atoms with van der Waals surface area (Å²) in [6, 6.07) is 7.77. The third-order valence-corrected chi connectivity index (χ3v) is 4.68. The molecule has 0 unspecified atom stereocenters. The number of hydrogen-bond acceptors (Lipinski definition) is 4. The van der Waals surface area contributed by atoms with Gasteiger partial charge < -0.3 is 9.64 Å². The number of ether oxygens (including phenoxy) is 1. The maximum Gasteiger partial charge on any atom is 0.274 e. The molecular weight excluding hydrogens is 354 g/mol. The smallest absolute Gasteiger partial charge is 0.274 e. The van der Waals surface area contributed by atoms with Crippen molar-refractivity contribution in [3.05, 3.63) is 64.7 Å². The molecule has 0 aliphatic carbocycles. The van der Waals surface area contributed by atoms with Gasteiger partial charge in [0.15, 0.2) is 12.4 Å². The molecule has 1 aromatic carbocycles. The minimum absolute atomic E-state index is 0.131. The molecule has 2 heterocycles. The molecule has 0 saturated carbocycles. The number of hydrogen-bond donors (Lipinski definition) is 0. The Morgan fingerprint density at radius 2 is 1.89 bits per heavy atom. The second kappa shape index (κ2) is 8.29. The van der Waals surface area contributed by atoms with Crippen LogP contribution in [-0.2, 0) is 19.8 Å². The topological polar surface area (TPSA) is 65.2 Å². The molecule has 7 heteroatoms. The van der Waals surface area contributed by atoms with Crippen molar-refractivity contribution < 1.29 is 9.53 Å². The van der Waals surface area contributed by atoms with Crippen LogP contribution in [0.5, 0.6) is 5.75 Å². The molecule has 1 amide bonds. The van der Waals surface area contributed by atoms with E-state index >= 15 is 0 Å². The molecule has 0 atom stereocenters. The number of carbonyl (C=O) groups is 1. The number of carbonyl (C=O) groups excluding carboxylic acids is 1. The first-order chi connectivity index (χ1) is 13.4. The third-order valence-electron chi connectivity index (χ3n) is 4.68. The first kappa shape index (κ1) is 19.7. The summed E-state index contributed by atoms with van der Waals surface area (Å²) in [7, 11) is 1.77. The van der Waals surface area contributed by atoms with Gasteiger partial charge in [-0.15, -0.1) is 0 Å². The lowest BCUT2D eigenvalue weighted by Gasteiger charge is -2.15. The SMILES string of the molecule is CCn1ncc(CN(C)C(=O)c2ccn(COc3cc(C)cc(C)c3)n2)c1C. The summed E-state index contributed by atoms with van der Waals surface area (Å²) < 4.78 is 9.35. The van der Waals surface area contributed by atoms with Crippen molar-refractivity contribution in [3.8, 4) is 5.75 Å². The zero-order valence-electron chi connectivity index (χ0n) is 17.1. The maximum atomic E-state index is 12.7. The predicted octanol–water partition coefficient (Wildman–Crippen LogP) is 3.33. The van der Waals surface area contributed by atoms with E-state index in [0.29, 0.717) is 12.2 Å². The first-order valence-corrected chi connectivity index (χ1v) is 9.38. The molecule has 0 aliphatic rings. The van der Waals surface area contributed by atoms with Gasteiger partial charge in [0.2, 0.25) is 0 Å². The van der Waals surface area contributed by atoms with Gasteiger partial charge in [-0.2, -0.15) is 10.2 Å². The molecule has 0 radical (unpaired) electrons. The average Bonchev–Trinajstić information content (AvgIpc) is 3.26. The Kier molecular flexibility index (Phi) is 5.82. The van der Waals surface area contributed by atoms with Crippen molar-refractivity contribution >= 4 is 5.91 Å². The predicted molar refractivity (Wildman–Crippen MR) is 107 cm³/mol. The molecule has 3 aromatic rings. The molecular formula is C21H27N5O2. The molecule has 0 N–H and O–H groups in total. The van der Waals surface area contributed by atoms with Crippen molar-refractivity contribution in [1.82, 2.24) is 24.5 Å². The van der Waals surface area contributed by atoms with E-state index in [9.17, 15) is 4.79 Å². The number of nitrogens with zero attached hydrogens (tertiary/aromatic N) is 5. The second-order valence-corrected chi connectivity index (χ2v) is 7.07. The second-order valence-electron chi connectivity index (χ2n) is 7.07. The Labute approximate surface area is 165 Å². The third kappa shape index (κ3) is 4.42. The highest BCUT2D eigenvalue weighted by molar-refractivity contribution is 5.91. The van der Waals surface area contributed by atoms with Crippen LogP contribution < -0.4 is 4.74 Å². The fraction of sp³-hybridized carbons (Fsp3) is 0.381. The van der Waals surface area contributed by atoms with E-state index in [2.05, 4.69) is 16.3 Å². The number of benzene rings is 1. The summed E-state index contributed by atoms with van der Waals surface area (Å²) in [5.74, 6) is 0.662. The summed E-state index contributed by atoms with van der Waals surface area (Å²) >= 11 is 0. The highest BCUT2D eigenvalue weighted by Gasteiger charge is 2.17. The quantitative estimate of drug-likeness (QED) is 0.630. The standard InChI is InChI=1S/C21H27N5O2/c1-6-26-17(4)18(12-22-26)13-24(5)21(27)20-7-8-25(23-20)14-28-19-10-15(2)9-16(3)11-19/h7-12H,6,13-14H2,1-5H3. The van der Waals surface area contributed by atoms with Crippen LogP contribution >= 0.6 is 0 Å². The Morgan fingerprint density at radius 1 is 1.18 bits per heavy atom. The fourth-order valence-corrected chi connectivity index (χ4v) is 3.19. The summed E-state index contributed by atoms with van der Waals surface area (Å²) in [6.45, 7) is 9.69. The Bertz CT molecular complexity index is 953. The number of rotatable bonds is 7. The van der Waals surface area contributed by atoms with Gasteiger partial charge in [-0.1, -0.05) is 6.07 Å². The molecule has 7 nitrogen and oxygen atoms in total. The van der Waals surface area contributed by atoms with Crippen molar-refractivity contribution in [2.45, 2.75) is 47.5 Å². The van der Waals surface area contributed by atoms with Crippen LogP contribution in [0.25, 0.3) is 0 Å². The van der Waals surface area contributed by atoms with Crippen LogP contribution in [0.2, 0.25) is 0 Å². The van der Waals surface area contributed by atoms with Crippen LogP contribution in [0, 0.1) is 20.8 Å². The van der Waals surface area contributed by atoms with E-state index in [1.807, 2.05) is 50.7 Å². The van der Waals surface area contributed by atoms with Crippen LogP contribution in [0.15, 0.2) is 36.7 Å².